The Kier molecular flexibility index (Phi) is 3.66. The van der Waals surface area contributed by atoms with E-state index in [1.807, 2.05) is 0 Å². The molecule has 1 saturated carbocycles. The summed E-state index contributed by atoms with van der Waals surface area (Å²) in [6.45, 7) is 0. The molecule has 82 valence electrons. The Bertz CT molecular complexity index is 306. The highest BCUT2D eigenvalue weighted by atomic mass is 32.2. The monoisotopic (exact) mass is 219 g/mol. The van der Waals surface area contributed by atoms with Crippen LogP contribution in [0.5, 0.6) is 0 Å². The predicted molar refractivity (Wildman–Crippen MR) is 54.7 cm³/mol. The van der Waals surface area contributed by atoms with Crippen LogP contribution in [-0.2, 0) is 14.6 Å². The van der Waals surface area contributed by atoms with Crippen LogP contribution in [0.25, 0.3) is 0 Å². The summed E-state index contributed by atoms with van der Waals surface area (Å²) in [7, 11) is -3.02. The third-order valence-electron chi connectivity index (χ3n) is 2.44. The van der Waals surface area contributed by atoms with Gasteiger partial charge in [0.2, 0.25) is 0 Å². The number of hydrogen-bond donors (Lipinski definition) is 1. The first-order valence-electron chi connectivity index (χ1n) is 4.83. The maximum atomic E-state index is 11.3. The molecule has 0 aromatic carbocycles. The minimum Gasteiger partial charge on any atom is -0.327 e. The molecular weight excluding hydrogens is 202 g/mol. The zero-order valence-corrected chi connectivity index (χ0v) is 9.22. The van der Waals surface area contributed by atoms with Crippen molar-refractivity contribution in [1.82, 2.24) is 0 Å². The second-order valence-corrected chi connectivity index (χ2v) is 6.38. The van der Waals surface area contributed by atoms with E-state index < -0.39 is 9.84 Å². The zero-order valence-electron chi connectivity index (χ0n) is 8.40. The molecule has 0 radical (unpaired) electrons. The summed E-state index contributed by atoms with van der Waals surface area (Å²) in [4.78, 5) is 11.3. The molecule has 14 heavy (non-hydrogen) atoms. The van der Waals surface area contributed by atoms with Crippen LogP contribution in [0.4, 0.5) is 0 Å². The van der Waals surface area contributed by atoms with Crippen molar-refractivity contribution in [3.63, 3.8) is 0 Å². The van der Waals surface area contributed by atoms with E-state index in [-0.39, 0.29) is 24.0 Å². The molecule has 0 bridgehead atoms. The van der Waals surface area contributed by atoms with Crippen molar-refractivity contribution in [2.75, 3.05) is 12.0 Å². The van der Waals surface area contributed by atoms with E-state index in [0.717, 1.165) is 19.1 Å². The Hall–Kier alpha value is -0.420. The van der Waals surface area contributed by atoms with Crippen molar-refractivity contribution in [2.45, 2.75) is 31.7 Å². The molecule has 1 aliphatic carbocycles. The van der Waals surface area contributed by atoms with E-state index in [0.29, 0.717) is 12.3 Å². The normalized spacial score (nSPS) is 19.3. The molecule has 4 nitrogen and oxygen atoms in total. The SMILES string of the molecule is CS(=O)(=O)CCC(=O)CC(N)C1CC1. The highest BCUT2D eigenvalue weighted by molar-refractivity contribution is 7.90. The van der Waals surface area contributed by atoms with Crippen LogP contribution in [0, 0.1) is 5.92 Å². The largest absolute Gasteiger partial charge is 0.327 e. The third kappa shape index (κ3) is 4.72. The van der Waals surface area contributed by atoms with E-state index in [1.165, 1.54) is 0 Å². The van der Waals surface area contributed by atoms with Crippen LogP contribution >= 0.6 is 0 Å². The molecule has 0 amide bonds. The van der Waals surface area contributed by atoms with Crippen LogP contribution in [-0.4, -0.2) is 32.3 Å². The number of carbonyl (C=O) groups is 1. The average molecular weight is 219 g/mol. The fourth-order valence-electron chi connectivity index (χ4n) is 1.36. The Morgan fingerprint density at radius 2 is 2.07 bits per heavy atom. The van der Waals surface area contributed by atoms with Crippen LogP contribution in [0.1, 0.15) is 25.7 Å². The average Bonchev–Trinajstić information content (AvgIpc) is 2.81. The number of sulfone groups is 1. The van der Waals surface area contributed by atoms with Crippen molar-refractivity contribution < 1.29 is 13.2 Å². The Labute approximate surface area is 84.8 Å². The third-order valence-corrected chi connectivity index (χ3v) is 3.39. The number of carbonyl (C=O) groups excluding carboxylic acids is 1. The van der Waals surface area contributed by atoms with Crippen molar-refractivity contribution in [2.24, 2.45) is 11.7 Å². The van der Waals surface area contributed by atoms with Gasteiger partial charge in [-0.25, -0.2) is 8.42 Å². The van der Waals surface area contributed by atoms with Crippen molar-refractivity contribution in [3.8, 4) is 0 Å². The molecule has 0 heterocycles. The van der Waals surface area contributed by atoms with Gasteiger partial charge in [-0.1, -0.05) is 0 Å². The van der Waals surface area contributed by atoms with E-state index in [9.17, 15) is 13.2 Å². The molecule has 0 aromatic rings. The lowest BCUT2D eigenvalue weighted by molar-refractivity contribution is -0.119. The molecule has 0 saturated heterocycles. The molecule has 0 aromatic heterocycles. The van der Waals surface area contributed by atoms with Gasteiger partial charge in [0.05, 0.1) is 5.75 Å². The fourth-order valence-corrected chi connectivity index (χ4v) is 1.95. The van der Waals surface area contributed by atoms with Crippen LogP contribution < -0.4 is 5.73 Å². The quantitative estimate of drug-likeness (QED) is 0.688. The maximum Gasteiger partial charge on any atom is 0.147 e. The fraction of sp³-hybridized carbons (Fsp3) is 0.889. The van der Waals surface area contributed by atoms with E-state index in [4.69, 9.17) is 5.73 Å². The number of rotatable bonds is 6. The van der Waals surface area contributed by atoms with Crippen molar-refractivity contribution >= 4 is 15.6 Å². The minimum absolute atomic E-state index is 0.0326. The van der Waals surface area contributed by atoms with E-state index >= 15 is 0 Å². The standard InChI is InChI=1S/C9H17NO3S/c1-14(12,13)5-4-8(11)6-9(10)7-2-3-7/h7,9H,2-6,10H2,1H3. The summed E-state index contributed by atoms with van der Waals surface area (Å²) < 4.78 is 21.6. The molecule has 0 aliphatic heterocycles. The summed E-state index contributed by atoms with van der Waals surface area (Å²) in [5.74, 6) is 0.412. The van der Waals surface area contributed by atoms with E-state index in [1.54, 1.807) is 0 Å². The summed E-state index contributed by atoms with van der Waals surface area (Å²) in [5, 5.41) is 0. The minimum atomic E-state index is -3.02. The molecule has 1 aliphatic rings. The van der Waals surface area contributed by atoms with Gasteiger partial charge in [0.15, 0.2) is 0 Å². The van der Waals surface area contributed by atoms with Crippen molar-refractivity contribution in [3.05, 3.63) is 0 Å². The van der Waals surface area contributed by atoms with Crippen molar-refractivity contribution in [1.29, 1.82) is 0 Å². The topological polar surface area (TPSA) is 77.2 Å². The first-order chi connectivity index (χ1) is 6.38. The van der Waals surface area contributed by atoms with Crippen LogP contribution in [0.3, 0.4) is 0 Å². The second-order valence-electron chi connectivity index (χ2n) is 4.12. The van der Waals surface area contributed by atoms with Gasteiger partial charge in [0.25, 0.3) is 0 Å². The van der Waals surface area contributed by atoms with Gasteiger partial charge in [0.1, 0.15) is 15.6 Å². The summed E-state index contributed by atoms with van der Waals surface area (Å²) in [5.41, 5.74) is 5.75. The Morgan fingerprint density at radius 3 is 2.50 bits per heavy atom. The number of ketones is 1. The first kappa shape index (κ1) is 11.7. The maximum absolute atomic E-state index is 11.3. The molecule has 2 N–H and O–H groups in total. The number of nitrogens with two attached hydrogens (primary N) is 1. The predicted octanol–water partition coefficient (Wildman–Crippen LogP) is 0.118. The molecule has 1 atom stereocenters. The highest BCUT2D eigenvalue weighted by Crippen LogP contribution is 2.32. The van der Waals surface area contributed by atoms with Gasteiger partial charge < -0.3 is 5.73 Å². The molecular formula is C9H17NO3S. The molecule has 1 fully saturated rings. The number of Topliss-reactive ketones (excluding diaryl/α,β-unsaturated/α-hetero) is 1. The molecule has 1 unspecified atom stereocenters. The highest BCUT2D eigenvalue weighted by Gasteiger charge is 2.29. The van der Waals surface area contributed by atoms with Gasteiger partial charge in [-0.05, 0) is 18.8 Å². The smallest absolute Gasteiger partial charge is 0.147 e. The molecule has 0 spiro atoms. The summed E-state index contributed by atoms with van der Waals surface area (Å²) in [6.07, 6.45) is 3.81. The zero-order chi connectivity index (χ0) is 10.8. The van der Waals surface area contributed by atoms with Gasteiger partial charge in [-0.3, -0.25) is 4.79 Å². The Morgan fingerprint density at radius 1 is 1.50 bits per heavy atom. The lowest BCUT2D eigenvalue weighted by atomic mass is 10.1. The van der Waals surface area contributed by atoms with Gasteiger partial charge in [-0.15, -0.1) is 0 Å². The van der Waals surface area contributed by atoms with Gasteiger partial charge in [0, 0.05) is 25.1 Å². The van der Waals surface area contributed by atoms with Gasteiger partial charge >= 0.3 is 0 Å². The first-order valence-corrected chi connectivity index (χ1v) is 6.89. The summed E-state index contributed by atoms with van der Waals surface area (Å²) in [6, 6.07) is -0.0536. The molecule has 1 rings (SSSR count). The molecule has 5 heteroatoms. The van der Waals surface area contributed by atoms with E-state index in [2.05, 4.69) is 0 Å². The lowest BCUT2D eigenvalue weighted by Crippen LogP contribution is -2.26. The summed E-state index contributed by atoms with van der Waals surface area (Å²) >= 11 is 0. The number of hydrogen-bond acceptors (Lipinski definition) is 4. The lowest BCUT2D eigenvalue weighted by Gasteiger charge is -2.08. The van der Waals surface area contributed by atoms with Crippen LogP contribution in [0.2, 0.25) is 0 Å². The second kappa shape index (κ2) is 4.40. The van der Waals surface area contributed by atoms with Gasteiger partial charge in [-0.2, -0.15) is 0 Å². The van der Waals surface area contributed by atoms with Crippen LogP contribution in [0.15, 0.2) is 0 Å². The Balaban J connectivity index is 2.21.